The van der Waals surface area contributed by atoms with Gasteiger partial charge in [-0.25, -0.2) is 4.98 Å². The molecular formula is C12H19N3. The fourth-order valence-corrected chi connectivity index (χ4v) is 2.38. The van der Waals surface area contributed by atoms with Crippen LogP contribution in [0.15, 0.2) is 12.3 Å². The van der Waals surface area contributed by atoms with Crippen LogP contribution in [0.4, 0.5) is 5.82 Å². The van der Waals surface area contributed by atoms with Crippen molar-refractivity contribution in [1.82, 2.24) is 10.3 Å². The fraction of sp³-hybridized carbons (Fsp3) is 0.583. The number of hydrogen-bond donors (Lipinski definition) is 2. The molecule has 0 saturated heterocycles. The van der Waals surface area contributed by atoms with E-state index in [1.165, 1.54) is 30.4 Å². The predicted molar refractivity (Wildman–Crippen MR) is 62.5 cm³/mol. The highest BCUT2D eigenvalue weighted by Crippen LogP contribution is 2.39. The second-order valence-corrected chi connectivity index (χ2v) is 4.38. The summed E-state index contributed by atoms with van der Waals surface area (Å²) in [6.07, 6.45) is 5.74. The summed E-state index contributed by atoms with van der Waals surface area (Å²) in [6, 6.07) is 2.42. The Kier molecular flexibility index (Phi) is 2.91. The number of pyridine rings is 1. The molecule has 15 heavy (non-hydrogen) atoms. The van der Waals surface area contributed by atoms with E-state index < -0.39 is 0 Å². The maximum Gasteiger partial charge on any atom is 0.128 e. The van der Waals surface area contributed by atoms with Gasteiger partial charge in [0.15, 0.2) is 0 Å². The number of anilines is 1. The molecule has 1 aliphatic carbocycles. The number of nitrogens with zero attached hydrogens (tertiary/aromatic N) is 1. The molecule has 0 amide bonds. The Morgan fingerprint density at radius 2 is 2.27 bits per heavy atom. The van der Waals surface area contributed by atoms with Crippen LogP contribution in [0.25, 0.3) is 0 Å². The monoisotopic (exact) mass is 205 g/mol. The van der Waals surface area contributed by atoms with E-state index in [0.717, 1.165) is 5.92 Å². The van der Waals surface area contributed by atoms with E-state index in [0.29, 0.717) is 11.9 Å². The molecule has 1 atom stereocenters. The summed E-state index contributed by atoms with van der Waals surface area (Å²) >= 11 is 0. The van der Waals surface area contributed by atoms with Crippen molar-refractivity contribution in [1.29, 1.82) is 0 Å². The van der Waals surface area contributed by atoms with Crippen LogP contribution < -0.4 is 11.1 Å². The Hall–Kier alpha value is -1.09. The first-order valence-corrected chi connectivity index (χ1v) is 5.62. The fourth-order valence-electron chi connectivity index (χ4n) is 2.38. The molecule has 0 aliphatic heterocycles. The Morgan fingerprint density at radius 3 is 2.73 bits per heavy atom. The number of hydrogen-bond acceptors (Lipinski definition) is 3. The topological polar surface area (TPSA) is 50.9 Å². The van der Waals surface area contributed by atoms with Crippen LogP contribution in [0.5, 0.6) is 0 Å². The zero-order valence-electron chi connectivity index (χ0n) is 9.46. The molecule has 0 spiro atoms. The lowest BCUT2D eigenvalue weighted by atomic mass is 9.76. The van der Waals surface area contributed by atoms with Gasteiger partial charge in [-0.1, -0.05) is 6.42 Å². The van der Waals surface area contributed by atoms with Gasteiger partial charge in [-0.3, -0.25) is 0 Å². The first kappa shape index (κ1) is 10.4. The maximum absolute atomic E-state index is 5.96. The van der Waals surface area contributed by atoms with Gasteiger partial charge < -0.3 is 11.1 Å². The molecule has 1 aromatic heterocycles. The first-order valence-electron chi connectivity index (χ1n) is 5.62. The summed E-state index contributed by atoms with van der Waals surface area (Å²) in [7, 11) is 2.01. The Balaban J connectivity index is 2.32. The summed E-state index contributed by atoms with van der Waals surface area (Å²) in [6.45, 7) is 2.11. The van der Waals surface area contributed by atoms with Crippen molar-refractivity contribution < 1.29 is 0 Å². The molecule has 82 valence electrons. The largest absolute Gasteiger partial charge is 0.383 e. The Morgan fingerprint density at radius 1 is 1.53 bits per heavy atom. The molecule has 1 saturated carbocycles. The Bertz CT molecular complexity index is 324. The second-order valence-electron chi connectivity index (χ2n) is 4.38. The van der Waals surface area contributed by atoms with E-state index in [9.17, 15) is 0 Å². The van der Waals surface area contributed by atoms with Crippen LogP contribution in [0.3, 0.4) is 0 Å². The normalized spacial score (nSPS) is 18.5. The summed E-state index contributed by atoms with van der Waals surface area (Å²) < 4.78 is 0. The molecule has 3 heteroatoms. The number of nitrogen functional groups attached to an aromatic ring is 1. The molecule has 2 rings (SSSR count). The van der Waals surface area contributed by atoms with Crippen molar-refractivity contribution in [2.45, 2.75) is 32.2 Å². The molecule has 0 aromatic carbocycles. The van der Waals surface area contributed by atoms with Gasteiger partial charge in [-0.2, -0.15) is 0 Å². The number of aromatic nitrogens is 1. The smallest absolute Gasteiger partial charge is 0.128 e. The lowest BCUT2D eigenvalue weighted by molar-refractivity contribution is 0.239. The number of rotatable bonds is 3. The zero-order valence-corrected chi connectivity index (χ0v) is 9.46. The molecule has 0 bridgehead atoms. The van der Waals surface area contributed by atoms with E-state index >= 15 is 0 Å². The average Bonchev–Trinajstić information content (AvgIpc) is 2.12. The van der Waals surface area contributed by atoms with Gasteiger partial charge in [-0.15, -0.1) is 0 Å². The van der Waals surface area contributed by atoms with Crippen molar-refractivity contribution in [2.75, 3.05) is 12.8 Å². The van der Waals surface area contributed by atoms with Gasteiger partial charge in [-0.05, 0) is 44.4 Å². The molecule has 0 radical (unpaired) electrons. The molecule has 3 nitrogen and oxygen atoms in total. The lowest BCUT2D eigenvalue weighted by Crippen LogP contribution is -2.31. The van der Waals surface area contributed by atoms with E-state index in [1.807, 2.05) is 13.1 Å². The van der Waals surface area contributed by atoms with Crippen LogP contribution in [0, 0.1) is 12.8 Å². The third-order valence-electron chi connectivity index (χ3n) is 3.48. The van der Waals surface area contributed by atoms with E-state index in [4.69, 9.17) is 5.73 Å². The van der Waals surface area contributed by atoms with Gasteiger partial charge >= 0.3 is 0 Å². The Labute approximate surface area is 91.1 Å². The minimum atomic E-state index is 0.382. The van der Waals surface area contributed by atoms with Crippen molar-refractivity contribution >= 4 is 5.82 Å². The molecule has 3 N–H and O–H groups in total. The van der Waals surface area contributed by atoms with Gasteiger partial charge in [0.25, 0.3) is 0 Å². The van der Waals surface area contributed by atoms with Crippen molar-refractivity contribution in [2.24, 2.45) is 5.92 Å². The summed E-state index contributed by atoms with van der Waals surface area (Å²) in [5, 5.41) is 3.38. The van der Waals surface area contributed by atoms with E-state index in [-0.39, 0.29) is 0 Å². The summed E-state index contributed by atoms with van der Waals surface area (Å²) in [5.41, 5.74) is 8.41. The zero-order chi connectivity index (χ0) is 10.8. The van der Waals surface area contributed by atoms with Crippen molar-refractivity contribution in [3.8, 4) is 0 Å². The summed E-state index contributed by atoms with van der Waals surface area (Å²) in [4.78, 5) is 4.19. The first-order chi connectivity index (χ1) is 7.24. The minimum Gasteiger partial charge on any atom is -0.383 e. The predicted octanol–water partition coefficient (Wildman–Crippen LogP) is 2.03. The minimum absolute atomic E-state index is 0.382. The number of nitrogens with one attached hydrogen (secondary N) is 1. The molecule has 1 heterocycles. The summed E-state index contributed by atoms with van der Waals surface area (Å²) in [5.74, 6) is 1.42. The highest BCUT2D eigenvalue weighted by Gasteiger charge is 2.29. The molecule has 1 fully saturated rings. The van der Waals surface area contributed by atoms with Gasteiger partial charge in [0.1, 0.15) is 5.82 Å². The quantitative estimate of drug-likeness (QED) is 0.794. The molecular weight excluding hydrogens is 186 g/mol. The van der Waals surface area contributed by atoms with Crippen molar-refractivity contribution in [3.63, 3.8) is 0 Å². The van der Waals surface area contributed by atoms with Crippen LogP contribution >= 0.6 is 0 Å². The number of aryl methyl sites for hydroxylation is 1. The SMILES string of the molecule is CNC(c1c(C)ccnc1N)C1CCC1. The number of nitrogens with two attached hydrogens (primary N) is 1. The molecule has 1 unspecified atom stereocenters. The highest BCUT2D eigenvalue weighted by atomic mass is 14.9. The standard InChI is InChI=1S/C12H19N3/c1-8-6-7-15-12(13)10(8)11(14-2)9-4-3-5-9/h6-7,9,11,14H,3-5H2,1-2H3,(H2,13,15). The van der Waals surface area contributed by atoms with Crippen LogP contribution in [0.2, 0.25) is 0 Å². The van der Waals surface area contributed by atoms with Crippen LogP contribution in [-0.4, -0.2) is 12.0 Å². The molecule has 1 aromatic rings. The lowest BCUT2D eigenvalue weighted by Gasteiger charge is -2.34. The maximum atomic E-state index is 5.96. The van der Waals surface area contributed by atoms with E-state index in [2.05, 4.69) is 17.2 Å². The van der Waals surface area contributed by atoms with E-state index in [1.54, 1.807) is 6.20 Å². The third kappa shape index (κ3) is 1.84. The van der Waals surface area contributed by atoms with Gasteiger partial charge in [0.2, 0.25) is 0 Å². The highest BCUT2D eigenvalue weighted by molar-refractivity contribution is 5.46. The average molecular weight is 205 g/mol. The van der Waals surface area contributed by atoms with Crippen LogP contribution in [-0.2, 0) is 0 Å². The molecule has 1 aliphatic rings. The van der Waals surface area contributed by atoms with Crippen LogP contribution in [0.1, 0.15) is 36.4 Å². The van der Waals surface area contributed by atoms with Gasteiger partial charge in [0, 0.05) is 17.8 Å². The van der Waals surface area contributed by atoms with Crippen molar-refractivity contribution in [3.05, 3.63) is 23.4 Å². The second kappa shape index (κ2) is 4.19. The van der Waals surface area contributed by atoms with Gasteiger partial charge in [0.05, 0.1) is 0 Å². The third-order valence-corrected chi connectivity index (χ3v) is 3.48.